The van der Waals surface area contributed by atoms with Crippen molar-refractivity contribution < 1.29 is 14.3 Å². The van der Waals surface area contributed by atoms with Crippen LogP contribution in [0.3, 0.4) is 0 Å². The Morgan fingerprint density at radius 1 is 1.42 bits per heavy atom. The summed E-state index contributed by atoms with van der Waals surface area (Å²) in [4.78, 5) is 13.1. The van der Waals surface area contributed by atoms with Gasteiger partial charge in [-0.25, -0.2) is 4.39 Å². The highest BCUT2D eigenvalue weighted by Crippen LogP contribution is 2.24. The molecule has 0 aliphatic carbocycles. The quantitative estimate of drug-likeness (QED) is 0.900. The summed E-state index contributed by atoms with van der Waals surface area (Å²) in [6.07, 6.45) is 0.696. The molecule has 3 nitrogen and oxygen atoms in total. The molecule has 1 aromatic heterocycles. The van der Waals surface area contributed by atoms with E-state index < -0.39 is 11.7 Å². The highest BCUT2D eigenvalue weighted by Gasteiger charge is 2.20. The van der Waals surface area contributed by atoms with Crippen molar-refractivity contribution in [3.05, 3.63) is 52.0 Å². The number of amides is 1. The molecule has 5 heteroatoms. The standard InChI is InChI=1S/C14H14FNO2S/c1-2-10(12-7-4-8-19-12)16-14(18)13-9(15)5-3-6-11(13)17/h3-8,10,17H,2H2,1H3,(H,16,18). The number of carbonyl (C=O) groups is 1. The lowest BCUT2D eigenvalue weighted by Crippen LogP contribution is -2.28. The average Bonchev–Trinajstić information content (AvgIpc) is 2.89. The van der Waals surface area contributed by atoms with Crippen molar-refractivity contribution in [2.24, 2.45) is 0 Å². The summed E-state index contributed by atoms with van der Waals surface area (Å²) >= 11 is 1.53. The van der Waals surface area contributed by atoms with E-state index >= 15 is 0 Å². The van der Waals surface area contributed by atoms with Crippen LogP contribution in [0.2, 0.25) is 0 Å². The molecule has 0 fully saturated rings. The summed E-state index contributed by atoms with van der Waals surface area (Å²) in [5.74, 6) is -1.67. The molecule has 1 atom stereocenters. The van der Waals surface area contributed by atoms with Gasteiger partial charge in [0.25, 0.3) is 5.91 Å². The lowest BCUT2D eigenvalue weighted by atomic mass is 10.1. The zero-order valence-corrected chi connectivity index (χ0v) is 11.2. The van der Waals surface area contributed by atoms with Crippen molar-refractivity contribution in [1.29, 1.82) is 0 Å². The topological polar surface area (TPSA) is 49.3 Å². The van der Waals surface area contributed by atoms with E-state index in [4.69, 9.17) is 0 Å². The molecule has 19 heavy (non-hydrogen) atoms. The van der Waals surface area contributed by atoms with E-state index in [0.29, 0.717) is 6.42 Å². The lowest BCUT2D eigenvalue weighted by molar-refractivity contribution is 0.0929. The number of aromatic hydroxyl groups is 1. The number of halogens is 1. The maximum Gasteiger partial charge on any atom is 0.258 e. The van der Waals surface area contributed by atoms with E-state index in [1.54, 1.807) is 0 Å². The number of phenolic OH excluding ortho intramolecular Hbond substituents is 1. The van der Waals surface area contributed by atoms with Crippen molar-refractivity contribution in [3.8, 4) is 5.75 Å². The first kappa shape index (κ1) is 13.5. The number of carbonyl (C=O) groups excluding carboxylic acids is 1. The first-order valence-corrected chi connectivity index (χ1v) is 6.83. The van der Waals surface area contributed by atoms with Gasteiger partial charge in [0.15, 0.2) is 0 Å². The predicted molar refractivity (Wildman–Crippen MR) is 72.9 cm³/mol. The fourth-order valence-corrected chi connectivity index (χ4v) is 2.69. The summed E-state index contributed by atoms with van der Waals surface area (Å²) < 4.78 is 13.6. The number of thiophene rings is 1. The molecule has 1 heterocycles. The summed E-state index contributed by atoms with van der Waals surface area (Å²) in [6, 6.07) is 7.45. The minimum absolute atomic E-state index is 0.175. The minimum Gasteiger partial charge on any atom is -0.507 e. The fraction of sp³-hybridized carbons (Fsp3) is 0.214. The van der Waals surface area contributed by atoms with Gasteiger partial charge in [0, 0.05) is 4.88 Å². The van der Waals surface area contributed by atoms with Crippen molar-refractivity contribution >= 4 is 17.2 Å². The third-order valence-corrected chi connectivity index (χ3v) is 3.80. The number of hydrogen-bond donors (Lipinski definition) is 2. The SMILES string of the molecule is CCC(NC(=O)c1c(O)cccc1F)c1cccs1. The second kappa shape index (κ2) is 5.84. The Kier molecular flexibility index (Phi) is 4.16. The zero-order chi connectivity index (χ0) is 13.8. The van der Waals surface area contributed by atoms with Crippen molar-refractivity contribution in [2.75, 3.05) is 0 Å². The molecular formula is C14H14FNO2S. The molecule has 1 aromatic carbocycles. The largest absolute Gasteiger partial charge is 0.507 e. The third-order valence-electron chi connectivity index (χ3n) is 2.82. The van der Waals surface area contributed by atoms with Gasteiger partial charge in [0.1, 0.15) is 17.1 Å². The van der Waals surface area contributed by atoms with Crippen LogP contribution in [0.4, 0.5) is 4.39 Å². The Morgan fingerprint density at radius 2 is 2.21 bits per heavy atom. The van der Waals surface area contributed by atoms with E-state index in [9.17, 15) is 14.3 Å². The van der Waals surface area contributed by atoms with Crippen LogP contribution in [0.25, 0.3) is 0 Å². The van der Waals surface area contributed by atoms with E-state index in [0.717, 1.165) is 10.9 Å². The molecule has 0 bridgehead atoms. The number of phenols is 1. The normalized spacial score (nSPS) is 12.1. The van der Waals surface area contributed by atoms with Gasteiger partial charge in [0.2, 0.25) is 0 Å². The maximum absolute atomic E-state index is 13.6. The van der Waals surface area contributed by atoms with E-state index in [2.05, 4.69) is 5.32 Å². The first-order chi connectivity index (χ1) is 9.13. The molecule has 0 spiro atoms. The monoisotopic (exact) mass is 279 g/mol. The van der Waals surface area contributed by atoms with Gasteiger partial charge in [-0.15, -0.1) is 11.3 Å². The molecule has 0 aliphatic heterocycles. The number of rotatable bonds is 4. The maximum atomic E-state index is 13.6. The molecule has 0 radical (unpaired) electrons. The van der Waals surface area contributed by atoms with Crippen LogP contribution in [0.15, 0.2) is 35.7 Å². The van der Waals surface area contributed by atoms with Crippen LogP contribution in [-0.4, -0.2) is 11.0 Å². The van der Waals surface area contributed by atoms with Gasteiger partial charge in [-0.2, -0.15) is 0 Å². The van der Waals surface area contributed by atoms with Crippen molar-refractivity contribution in [1.82, 2.24) is 5.32 Å². The molecule has 1 amide bonds. The lowest BCUT2D eigenvalue weighted by Gasteiger charge is -2.16. The fourth-order valence-electron chi connectivity index (χ4n) is 1.83. The van der Waals surface area contributed by atoms with E-state index in [1.807, 2.05) is 24.4 Å². The second-order valence-electron chi connectivity index (χ2n) is 4.08. The molecule has 0 aliphatic rings. The summed E-state index contributed by atoms with van der Waals surface area (Å²) in [7, 11) is 0. The van der Waals surface area contributed by atoms with Crippen LogP contribution >= 0.6 is 11.3 Å². The Morgan fingerprint density at radius 3 is 2.79 bits per heavy atom. The van der Waals surface area contributed by atoms with Crippen LogP contribution in [-0.2, 0) is 0 Å². The average molecular weight is 279 g/mol. The molecule has 0 saturated carbocycles. The molecule has 2 N–H and O–H groups in total. The smallest absolute Gasteiger partial charge is 0.258 e. The van der Waals surface area contributed by atoms with Gasteiger partial charge < -0.3 is 10.4 Å². The van der Waals surface area contributed by atoms with Gasteiger partial charge in [0.05, 0.1) is 6.04 Å². The first-order valence-electron chi connectivity index (χ1n) is 5.95. The number of nitrogens with one attached hydrogen (secondary N) is 1. The molecule has 0 saturated heterocycles. The van der Waals surface area contributed by atoms with Gasteiger partial charge >= 0.3 is 0 Å². The summed E-state index contributed by atoms with van der Waals surface area (Å²) in [5.41, 5.74) is -0.308. The Labute approximate surface area is 114 Å². The molecular weight excluding hydrogens is 265 g/mol. The molecule has 2 aromatic rings. The zero-order valence-electron chi connectivity index (χ0n) is 10.4. The Bertz CT molecular complexity index is 549. The highest BCUT2D eigenvalue weighted by molar-refractivity contribution is 7.10. The van der Waals surface area contributed by atoms with Gasteiger partial charge in [-0.1, -0.05) is 19.1 Å². The van der Waals surface area contributed by atoms with Crippen LogP contribution in [0.5, 0.6) is 5.75 Å². The summed E-state index contributed by atoms with van der Waals surface area (Å²) in [5, 5.41) is 14.2. The predicted octanol–water partition coefficient (Wildman–Crippen LogP) is 3.47. The molecule has 1 unspecified atom stereocenters. The Hall–Kier alpha value is -1.88. The minimum atomic E-state index is -0.724. The van der Waals surface area contributed by atoms with Gasteiger partial charge in [-0.3, -0.25) is 4.79 Å². The Balaban J connectivity index is 2.21. The highest BCUT2D eigenvalue weighted by atomic mass is 32.1. The third kappa shape index (κ3) is 2.93. The number of hydrogen-bond acceptors (Lipinski definition) is 3. The number of benzene rings is 1. The second-order valence-corrected chi connectivity index (χ2v) is 5.06. The van der Waals surface area contributed by atoms with Crippen LogP contribution < -0.4 is 5.32 Å². The van der Waals surface area contributed by atoms with Crippen molar-refractivity contribution in [3.63, 3.8) is 0 Å². The van der Waals surface area contributed by atoms with Crippen molar-refractivity contribution in [2.45, 2.75) is 19.4 Å². The molecule has 100 valence electrons. The molecule has 2 rings (SSSR count). The van der Waals surface area contributed by atoms with E-state index in [1.165, 1.54) is 23.5 Å². The van der Waals surface area contributed by atoms with Crippen LogP contribution in [0.1, 0.15) is 34.6 Å². The van der Waals surface area contributed by atoms with Gasteiger partial charge in [-0.05, 0) is 30.0 Å². The van der Waals surface area contributed by atoms with Crippen LogP contribution in [0, 0.1) is 5.82 Å². The van der Waals surface area contributed by atoms with E-state index in [-0.39, 0.29) is 17.4 Å². The summed E-state index contributed by atoms with van der Waals surface area (Å²) in [6.45, 7) is 1.94.